The van der Waals surface area contributed by atoms with Crippen LogP contribution in [0.2, 0.25) is 0 Å². The average molecular weight is 582 g/mol. The van der Waals surface area contributed by atoms with Crippen LogP contribution in [0.3, 0.4) is 0 Å². The zero-order valence-corrected chi connectivity index (χ0v) is 23.8. The molecule has 0 saturated heterocycles. The summed E-state index contributed by atoms with van der Waals surface area (Å²) in [5.74, 6) is -2.51. The molecule has 0 spiro atoms. The summed E-state index contributed by atoms with van der Waals surface area (Å²) in [4.78, 5) is 44.0. The maximum Gasteiger partial charge on any atom is 0.259 e. The Morgan fingerprint density at radius 1 is 1.10 bits per heavy atom. The van der Waals surface area contributed by atoms with Crippen molar-refractivity contribution in [1.82, 2.24) is 35.1 Å². The van der Waals surface area contributed by atoms with Gasteiger partial charge < -0.3 is 10.2 Å². The molecule has 6 rings (SSSR count). The smallest absolute Gasteiger partial charge is 0.259 e. The first-order valence-electron chi connectivity index (χ1n) is 14.3. The van der Waals surface area contributed by atoms with Gasteiger partial charge in [-0.3, -0.25) is 19.1 Å². The van der Waals surface area contributed by atoms with Gasteiger partial charge in [0, 0.05) is 25.1 Å². The molecule has 3 fully saturated rings. The number of fused-ring (bicyclic) bond motifs is 2. The zero-order valence-electron chi connectivity index (χ0n) is 23.0. The van der Waals surface area contributed by atoms with Crippen LogP contribution in [0.1, 0.15) is 57.4 Å². The van der Waals surface area contributed by atoms with Crippen LogP contribution < -0.4 is 10.0 Å². The summed E-state index contributed by atoms with van der Waals surface area (Å²) in [6, 6.07) is 9.09. The molecule has 2 heterocycles. The van der Waals surface area contributed by atoms with Gasteiger partial charge in [-0.1, -0.05) is 42.5 Å². The van der Waals surface area contributed by atoms with Crippen molar-refractivity contribution >= 4 is 27.7 Å². The molecular weight excluding hydrogens is 546 g/mol. The number of benzene rings is 1. The molecule has 3 aliphatic carbocycles. The predicted octanol–water partition coefficient (Wildman–Crippen LogP) is 1.59. The Morgan fingerprint density at radius 3 is 2.61 bits per heavy atom. The van der Waals surface area contributed by atoms with Crippen molar-refractivity contribution in [2.75, 3.05) is 13.6 Å². The highest BCUT2D eigenvalue weighted by atomic mass is 32.2. The molecule has 13 heteroatoms. The first kappa shape index (κ1) is 27.6. The summed E-state index contributed by atoms with van der Waals surface area (Å²) >= 11 is 0. The molecule has 0 radical (unpaired) electrons. The van der Waals surface area contributed by atoms with Crippen LogP contribution in [0.25, 0.3) is 11.4 Å². The topological polar surface area (TPSA) is 156 Å². The van der Waals surface area contributed by atoms with Gasteiger partial charge in [0.15, 0.2) is 0 Å². The highest BCUT2D eigenvalue weighted by Crippen LogP contribution is 2.47. The van der Waals surface area contributed by atoms with E-state index < -0.39 is 44.5 Å². The highest BCUT2D eigenvalue weighted by molar-refractivity contribution is 7.91. The number of carbonyl (C=O) groups excluding carboxylic acids is 3. The number of sulfonamides is 1. The summed E-state index contributed by atoms with van der Waals surface area (Å²) < 4.78 is 27.4. The summed E-state index contributed by atoms with van der Waals surface area (Å²) in [6.45, 7) is 0.580. The normalized spacial score (nSPS) is 30.6. The van der Waals surface area contributed by atoms with Crippen LogP contribution in [0.15, 0.2) is 42.5 Å². The molecule has 1 aliphatic heterocycles. The second kappa shape index (κ2) is 10.7. The van der Waals surface area contributed by atoms with Crippen molar-refractivity contribution in [3.05, 3.63) is 42.5 Å². The summed E-state index contributed by atoms with van der Waals surface area (Å²) in [7, 11) is -2.04. The van der Waals surface area contributed by atoms with Gasteiger partial charge in [-0.05, 0) is 56.6 Å². The lowest BCUT2D eigenvalue weighted by molar-refractivity contribution is -0.140. The number of amides is 3. The van der Waals surface area contributed by atoms with Gasteiger partial charge in [0.2, 0.25) is 27.7 Å². The lowest BCUT2D eigenvalue weighted by Gasteiger charge is -2.26. The molecule has 0 bridgehead atoms. The van der Waals surface area contributed by atoms with Gasteiger partial charge in [0.05, 0.1) is 23.1 Å². The Hall–Kier alpha value is -3.61. The van der Waals surface area contributed by atoms with Crippen molar-refractivity contribution in [3.63, 3.8) is 0 Å². The minimum Gasteiger partial charge on any atom is -0.346 e. The Labute approximate surface area is 239 Å². The molecular formula is C28H35N7O5S. The Kier molecular flexibility index (Phi) is 7.16. The molecule has 3 amide bonds. The van der Waals surface area contributed by atoms with E-state index in [0.717, 1.165) is 24.8 Å². The fourth-order valence-corrected chi connectivity index (χ4v) is 7.45. The van der Waals surface area contributed by atoms with Gasteiger partial charge >= 0.3 is 0 Å². The molecule has 1 aromatic carbocycles. The molecule has 218 valence electrons. The first-order valence-corrected chi connectivity index (χ1v) is 15.9. The lowest BCUT2D eigenvalue weighted by Crippen LogP contribution is -2.54. The Morgan fingerprint density at radius 2 is 1.85 bits per heavy atom. The Balaban J connectivity index is 1.27. The number of nitrogens with zero attached hydrogens (tertiary/aromatic N) is 5. The van der Waals surface area contributed by atoms with E-state index in [9.17, 15) is 22.8 Å². The fraction of sp³-hybridized carbons (Fsp3) is 0.571. The largest absolute Gasteiger partial charge is 0.346 e. The number of hydrogen-bond donors (Lipinski definition) is 2. The van der Waals surface area contributed by atoms with E-state index in [4.69, 9.17) is 0 Å². The number of rotatable bonds is 5. The molecule has 41 heavy (non-hydrogen) atoms. The molecule has 5 atom stereocenters. The van der Waals surface area contributed by atoms with Crippen LogP contribution in [0.4, 0.5) is 0 Å². The second-order valence-corrected chi connectivity index (χ2v) is 13.7. The second-order valence-electron chi connectivity index (χ2n) is 11.8. The number of tetrazole rings is 1. The zero-order chi connectivity index (χ0) is 28.8. The third-order valence-electron chi connectivity index (χ3n) is 8.80. The molecule has 2 aromatic rings. The molecule has 12 nitrogen and oxygen atoms in total. The highest BCUT2D eigenvalue weighted by Gasteiger charge is 2.62. The monoisotopic (exact) mass is 581 g/mol. The van der Waals surface area contributed by atoms with Crippen molar-refractivity contribution in [2.24, 2.45) is 17.8 Å². The number of allylic oxidation sites excluding steroid dienone is 1. The molecule has 4 aliphatic rings. The summed E-state index contributed by atoms with van der Waals surface area (Å²) in [5, 5.41) is 15.3. The third kappa shape index (κ3) is 5.51. The minimum absolute atomic E-state index is 0.134. The molecule has 5 unspecified atom stereocenters. The maximum atomic E-state index is 13.9. The van der Waals surface area contributed by atoms with E-state index in [1.54, 1.807) is 11.9 Å². The van der Waals surface area contributed by atoms with E-state index in [1.807, 2.05) is 42.5 Å². The van der Waals surface area contributed by atoms with Gasteiger partial charge in [-0.2, -0.15) is 4.80 Å². The van der Waals surface area contributed by atoms with Crippen LogP contribution in [-0.4, -0.2) is 75.6 Å². The standard InChI is InChI=1S/C28H35N7O5S/c1-34-14-8-3-2-7-11-19-17-28(19,27(38)32-41(39,40)21-12-13-21)29-25(36)22-15-20(16-23(22)26(34)37)35-31-24(30-33-35)18-9-5-4-6-10-18/h4-7,9-11,19-23H,2-3,8,12-17H2,1H3,(H,29,36)(H,32,38). The average Bonchev–Trinajstić information content (AvgIpc) is 3.82. The predicted molar refractivity (Wildman–Crippen MR) is 148 cm³/mol. The molecule has 3 saturated carbocycles. The van der Waals surface area contributed by atoms with Crippen LogP contribution in [0, 0.1) is 17.8 Å². The van der Waals surface area contributed by atoms with Crippen molar-refractivity contribution in [1.29, 1.82) is 0 Å². The number of aromatic nitrogens is 4. The Bertz CT molecular complexity index is 1470. The van der Waals surface area contributed by atoms with Crippen molar-refractivity contribution in [3.8, 4) is 11.4 Å². The van der Waals surface area contributed by atoms with E-state index in [1.165, 1.54) is 4.80 Å². The van der Waals surface area contributed by atoms with E-state index >= 15 is 0 Å². The van der Waals surface area contributed by atoms with Crippen LogP contribution >= 0.6 is 0 Å². The summed E-state index contributed by atoms with van der Waals surface area (Å²) in [6.07, 6.45) is 8.31. The van der Waals surface area contributed by atoms with Crippen LogP contribution in [-0.2, 0) is 24.4 Å². The minimum atomic E-state index is -3.79. The van der Waals surface area contributed by atoms with Gasteiger partial charge in [0.1, 0.15) is 5.54 Å². The van der Waals surface area contributed by atoms with E-state index in [-0.39, 0.29) is 17.9 Å². The van der Waals surface area contributed by atoms with Gasteiger partial charge in [-0.15, -0.1) is 10.2 Å². The van der Waals surface area contributed by atoms with Crippen LogP contribution in [0.5, 0.6) is 0 Å². The number of hydrogen-bond acceptors (Lipinski definition) is 8. The van der Waals surface area contributed by atoms with E-state index in [2.05, 4.69) is 25.4 Å². The van der Waals surface area contributed by atoms with Gasteiger partial charge in [-0.25, -0.2) is 8.42 Å². The van der Waals surface area contributed by atoms with Crippen molar-refractivity contribution in [2.45, 2.75) is 68.2 Å². The van der Waals surface area contributed by atoms with E-state index in [0.29, 0.717) is 44.5 Å². The quantitative estimate of drug-likeness (QED) is 0.504. The lowest BCUT2D eigenvalue weighted by atomic mass is 9.93. The first-order chi connectivity index (χ1) is 19.7. The maximum absolute atomic E-state index is 13.9. The SMILES string of the molecule is CN1CCCCC=CC2CC2(C(=O)NS(=O)(=O)C2CC2)NC(=O)C2CC(n3nnc(-c4ccccc4)n3)CC2C1=O. The molecule has 2 N–H and O–H groups in total. The fourth-order valence-electron chi connectivity index (χ4n) is 6.09. The van der Waals surface area contributed by atoms with Gasteiger partial charge in [0.25, 0.3) is 5.91 Å². The molecule has 1 aromatic heterocycles. The number of nitrogens with one attached hydrogen (secondary N) is 2. The number of carbonyl (C=O) groups is 3. The van der Waals surface area contributed by atoms with Crippen molar-refractivity contribution < 1.29 is 22.8 Å². The summed E-state index contributed by atoms with van der Waals surface area (Å²) in [5.41, 5.74) is -0.547. The third-order valence-corrected chi connectivity index (χ3v) is 10.6.